The number of nitrogen functional groups attached to an aromatic ring is 1. The maximum atomic E-state index is 13.4. The van der Waals surface area contributed by atoms with E-state index >= 15 is 0 Å². The van der Waals surface area contributed by atoms with Crippen LogP contribution in [0.4, 0.5) is 14.5 Å². The molecule has 0 amide bonds. The summed E-state index contributed by atoms with van der Waals surface area (Å²) in [6.07, 6.45) is 0. The molecule has 0 saturated carbocycles. The van der Waals surface area contributed by atoms with Crippen LogP contribution in [0.15, 0.2) is 36.4 Å². The summed E-state index contributed by atoms with van der Waals surface area (Å²) in [4.78, 5) is 11.1. The van der Waals surface area contributed by atoms with Gasteiger partial charge in [0.2, 0.25) is 0 Å². The number of anilines is 1. The second-order valence-electron chi connectivity index (χ2n) is 4.01. The Morgan fingerprint density at radius 2 is 1.75 bits per heavy atom. The summed E-state index contributed by atoms with van der Waals surface area (Å²) < 4.78 is 32.0. The molecule has 20 heavy (non-hydrogen) atoms. The number of carboxylic acid groups (broad SMARTS) is 1. The van der Waals surface area contributed by atoms with E-state index in [0.29, 0.717) is 0 Å². The van der Waals surface area contributed by atoms with Crippen LogP contribution in [0.25, 0.3) is 0 Å². The number of carboxylic acids is 1. The Hall–Kier alpha value is -2.63. The highest BCUT2D eigenvalue weighted by Gasteiger charge is 2.16. The molecule has 0 aliphatic heterocycles. The predicted octanol–water partition coefficient (Wildman–Crippen LogP) is 2.82. The van der Waals surface area contributed by atoms with Gasteiger partial charge in [-0.05, 0) is 24.3 Å². The second kappa shape index (κ2) is 5.56. The van der Waals surface area contributed by atoms with Gasteiger partial charge in [-0.1, -0.05) is 12.1 Å². The van der Waals surface area contributed by atoms with Gasteiger partial charge < -0.3 is 15.6 Å². The highest BCUT2D eigenvalue weighted by Crippen LogP contribution is 2.26. The molecule has 0 aliphatic rings. The van der Waals surface area contributed by atoms with Crippen LogP contribution in [-0.4, -0.2) is 11.1 Å². The molecule has 0 bridgehead atoms. The molecule has 0 radical (unpaired) electrons. The number of aromatic carboxylic acids is 1. The molecule has 2 rings (SSSR count). The summed E-state index contributed by atoms with van der Waals surface area (Å²) in [5, 5.41) is 9.04. The van der Waals surface area contributed by atoms with Crippen molar-refractivity contribution in [2.75, 3.05) is 5.73 Å². The van der Waals surface area contributed by atoms with Crippen LogP contribution in [0, 0.1) is 11.6 Å². The molecule has 0 fully saturated rings. The normalized spacial score (nSPS) is 10.3. The molecule has 0 atom stereocenters. The van der Waals surface area contributed by atoms with E-state index in [0.717, 1.165) is 12.1 Å². The highest BCUT2D eigenvalue weighted by molar-refractivity contribution is 5.96. The smallest absolute Gasteiger partial charge is 0.341 e. The molecule has 2 aromatic carbocycles. The standard InChI is InChI=1S/C14H11F2NO3/c15-9-3-1-4-10(16)8(9)7-20-12-6-2-5-11(17)13(12)14(18)19/h1-6H,7,17H2,(H,18,19). The molecule has 0 heterocycles. The van der Waals surface area contributed by atoms with Crippen molar-refractivity contribution in [2.24, 2.45) is 0 Å². The number of hydrogen-bond donors (Lipinski definition) is 2. The number of carbonyl (C=O) groups is 1. The minimum atomic E-state index is -1.27. The van der Waals surface area contributed by atoms with Crippen molar-refractivity contribution in [3.8, 4) is 5.75 Å². The summed E-state index contributed by atoms with van der Waals surface area (Å²) in [6, 6.07) is 7.70. The molecule has 6 heteroatoms. The van der Waals surface area contributed by atoms with Crippen molar-refractivity contribution in [3.63, 3.8) is 0 Å². The van der Waals surface area contributed by atoms with E-state index < -0.39 is 24.2 Å². The number of rotatable bonds is 4. The first-order valence-electron chi connectivity index (χ1n) is 5.68. The van der Waals surface area contributed by atoms with Gasteiger partial charge in [0.1, 0.15) is 29.6 Å². The van der Waals surface area contributed by atoms with Crippen molar-refractivity contribution >= 4 is 11.7 Å². The van der Waals surface area contributed by atoms with Crippen LogP contribution in [0.1, 0.15) is 15.9 Å². The van der Waals surface area contributed by atoms with Crippen LogP contribution in [0.3, 0.4) is 0 Å². The van der Waals surface area contributed by atoms with Gasteiger partial charge >= 0.3 is 5.97 Å². The third-order valence-corrected chi connectivity index (χ3v) is 2.71. The Labute approximate surface area is 113 Å². The molecular weight excluding hydrogens is 268 g/mol. The van der Waals surface area contributed by atoms with E-state index in [1.807, 2.05) is 0 Å². The van der Waals surface area contributed by atoms with Gasteiger partial charge in [0.05, 0.1) is 5.56 Å². The maximum absolute atomic E-state index is 13.4. The lowest BCUT2D eigenvalue weighted by Crippen LogP contribution is -2.08. The van der Waals surface area contributed by atoms with Crippen molar-refractivity contribution in [1.82, 2.24) is 0 Å². The molecule has 0 aromatic heterocycles. The third kappa shape index (κ3) is 2.69. The zero-order chi connectivity index (χ0) is 14.7. The van der Waals surface area contributed by atoms with Gasteiger partial charge in [-0.3, -0.25) is 0 Å². The van der Waals surface area contributed by atoms with E-state index in [4.69, 9.17) is 15.6 Å². The summed E-state index contributed by atoms with van der Waals surface area (Å²) in [5.41, 5.74) is 5.06. The van der Waals surface area contributed by atoms with Gasteiger partial charge in [0.25, 0.3) is 0 Å². The van der Waals surface area contributed by atoms with Gasteiger partial charge in [-0.25, -0.2) is 13.6 Å². The van der Waals surface area contributed by atoms with Crippen LogP contribution < -0.4 is 10.5 Å². The van der Waals surface area contributed by atoms with Crippen LogP contribution in [-0.2, 0) is 6.61 Å². The van der Waals surface area contributed by atoms with Crippen molar-refractivity contribution < 1.29 is 23.4 Å². The first-order valence-corrected chi connectivity index (χ1v) is 5.68. The minimum Gasteiger partial charge on any atom is -0.488 e. The fraction of sp³-hybridized carbons (Fsp3) is 0.0714. The molecule has 104 valence electrons. The van der Waals surface area contributed by atoms with E-state index in [-0.39, 0.29) is 22.6 Å². The van der Waals surface area contributed by atoms with Crippen LogP contribution in [0.2, 0.25) is 0 Å². The van der Waals surface area contributed by atoms with E-state index in [2.05, 4.69) is 0 Å². The molecule has 4 nitrogen and oxygen atoms in total. The maximum Gasteiger partial charge on any atom is 0.341 e. The SMILES string of the molecule is Nc1cccc(OCc2c(F)cccc2F)c1C(=O)O. The Morgan fingerprint density at radius 3 is 2.35 bits per heavy atom. The summed E-state index contributed by atoms with van der Waals surface area (Å²) in [7, 11) is 0. The predicted molar refractivity (Wildman–Crippen MR) is 68.5 cm³/mol. The van der Waals surface area contributed by atoms with Gasteiger partial charge in [-0.2, -0.15) is 0 Å². The van der Waals surface area contributed by atoms with Gasteiger partial charge in [0, 0.05) is 5.69 Å². The highest BCUT2D eigenvalue weighted by atomic mass is 19.1. The minimum absolute atomic E-state index is 0.0176. The average molecular weight is 279 g/mol. The Balaban J connectivity index is 2.28. The van der Waals surface area contributed by atoms with E-state index in [1.54, 1.807) is 0 Å². The second-order valence-corrected chi connectivity index (χ2v) is 4.01. The Morgan fingerprint density at radius 1 is 1.15 bits per heavy atom. The number of benzene rings is 2. The number of hydrogen-bond acceptors (Lipinski definition) is 3. The molecule has 0 aliphatic carbocycles. The number of nitrogens with two attached hydrogens (primary N) is 1. The largest absolute Gasteiger partial charge is 0.488 e. The first-order chi connectivity index (χ1) is 9.50. The monoisotopic (exact) mass is 279 g/mol. The topological polar surface area (TPSA) is 72.5 Å². The van der Waals surface area contributed by atoms with Crippen molar-refractivity contribution in [1.29, 1.82) is 0 Å². The van der Waals surface area contributed by atoms with Crippen LogP contribution >= 0.6 is 0 Å². The zero-order valence-electron chi connectivity index (χ0n) is 10.3. The molecule has 0 saturated heterocycles. The average Bonchev–Trinajstić information content (AvgIpc) is 2.37. The molecule has 2 aromatic rings. The number of ether oxygens (including phenoxy) is 1. The van der Waals surface area contributed by atoms with Crippen molar-refractivity contribution in [2.45, 2.75) is 6.61 Å². The van der Waals surface area contributed by atoms with Crippen LogP contribution in [0.5, 0.6) is 5.75 Å². The Kier molecular flexibility index (Phi) is 3.84. The zero-order valence-corrected chi connectivity index (χ0v) is 10.3. The lowest BCUT2D eigenvalue weighted by molar-refractivity contribution is 0.0693. The summed E-state index contributed by atoms with van der Waals surface area (Å²) in [5.74, 6) is -2.83. The van der Waals surface area contributed by atoms with E-state index in [9.17, 15) is 13.6 Å². The lowest BCUT2D eigenvalue weighted by Gasteiger charge is -2.11. The molecular formula is C14H11F2NO3. The van der Waals surface area contributed by atoms with E-state index in [1.165, 1.54) is 24.3 Å². The fourth-order valence-corrected chi connectivity index (χ4v) is 1.72. The summed E-state index contributed by atoms with van der Waals surface area (Å²) in [6.45, 7) is -0.428. The quantitative estimate of drug-likeness (QED) is 0.844. The Bertz CT molecular complexity index is 639. The van der Waals surface area contributed by atoms with Gasteiger partial charge in [-0.15, -0.1) is 0 Å². The molecule has 0 spiro atoms. The lowest BCUT2D eigenvalue weighted by atomic mass is 10.1. The molecule has 0 unspecified atom stereocenters. The summed E-state index contributed by atoms with van der Waals surface area (Å²) >= 11 is 0. The molecule has 3 N–H and O–H groups in total. The first kappa shape index (κ1) is 13.8. The van der Waals surface area contributed by atoms with Gasteiger partial charge in [0.15, 0.2) is 0 Å². The third-order valence-electron chi connectivity index (χ3n) is 2.71. The fourth-order valence-electron chi connectivity index (χ4n) is 1.72. The number of halogens is 2. The van der Waals surface area contributed by atoms with Crippen molar-refractivity contribution in [3.05, 3.63) is 59.2 Å².